The molecule has 0 aliphatic heterocycles. The van der Waals surface area contributed by atoms with E-state index in [0.29, 0.717) is 12.2 Å². The van der Waals surface area contributed by atoms with E-state index in [1.165, 1.54) is 0 Å². The maximum atomic E-state index is 11.2. The molecule has 1 heterocycles. The third-order valence-corrected chi connectivity index (χ3v) is 4.03. The number of aryl methyl sites for hydroxylation is 1. The molecule has 2 rings (SSSR count). The number of hydrogen-bond acceptors (Lipinski definition) is 4. The minimum Gasteiger partial charge on any atom is -0.478 e. The third-order valence-electron chi connectivity index (χ3n) is 4.03. The summed E-state index contributed by atoms with van der Waals surface area (Å²) in [6.45, 7) is 1.95. The zero-order chi connectivity index (χ0) is 14.7. The van der Waals surface area contributed by atoms with Crippen molar-refractivity contribution in [3.05, 3.63) is 23.4 Å². The maximum Gasteiger partial charge on any atom is 0.335 e. The Bertz CT molecular complexity index is 490. The first-order valence-electron chi connectivity index (χ1n) is 7.18. The minimum absolute atomic E-state index is 0.0185. The second-order valence-electron chi connectivity index (χ2n) is 5.39. The molecule has 0 spiro atoms. The van der Waals surface area contributed by atoms with Gasteiger partial charge >= 0.3 is 5.97 Å². The highest BCUT2D eigenvalue weighted by Crippen LogP contribution is 2.26. The van der Waals surface area contributed by atoms with Crippen LogP contribution in [0.4, 0.5) is 5.82 Å². The van der Waals surface area contributed by atoms with Crippen molar-refractivity contribution in [2.75, 3.05) is 11.9 Å². The quantitative estimate of drug-likeness (QED) is 0.882. The number of likely N-dealkylation sites (N-methyl/N-ethyl adjacent to an activating group) is 1. The van der Waals surface area contributed by atoms with Crippen molar-refractivity contribution >= 4 is 11.8 Å². The summed E-state index contributed by atoms with van der Waals surface area (Å²) < 4.78 is 0. The molecule has 1 aliphatic rings. The molecule has 0 bridgehead atoms. The minimum atomic E-state index is -0.944. The summed E-state index contributed by atoms with van der Waals surface area (Å²) in [5, 5.41) is 19.3. The van der Waals surface area contributed by atoms with Gasteiger partial charge in [-0.3, -0.25) is 0 Å². The summed E-state index contributed by atoms with van der Waals surface area (Å²) in [5.74, 6) is -0.311. The van der Waals surface area contributed by atoms with Crippen LogP contribution in [-0.2, 0) is 6.42 Å². The Labute approximate surface area is 119 Å². The van der Waals surface area contributed by atoms with Crippen LogP contribution in [0.1, 0.15) is 48.7 Å². The summed E-state index contributed by atoms with van der Waals surface area (Å²) >= 11 is 0. The molecule has 1 aromatic rings. The Morgan fingerprint density at radius 2 is 2.10 bits per heavy atom. The van der Waals surface area contributed by atoms with Gasteiger partial charge < -0.3 is 15.1 Å². The number of carboxylic acid groups (broad SMARTS) is 1. The molecular formula is C15H22N2O3. The Kier molecular flexibility index (Phi) is 4.60. The number of pyridine rings is 1. The molecule has 1 saturated carbocycles. The van der Waals surface area contributed by atoms with Gasteiger partial charge in [-0.2, -0.15) is 0 Å². The lowest BCUT2D eigenvalue weighted by atomic mass is 9.91. The lowest BCUT2D eigenvalue weighted by molar-refractivity contribution is 0.0696. The number of nitrogens with zero attached hydrogens (tertiary/aromatic N) is 2. The normalized spacial score (nSPS) is 22.6. The van der Waals surface area contributed by atoms with E-state index in [-0.39, 0.29) is 17.7 Å². The van der Waals surface area contributed by atoms with Crippen molar-refractivity contribution < 1.29 is 15.0 Å². The van der Waals surface area contributed by atoms with Gasteiger partial charge in [0, 0.05) is 12.7 Å². The fraction of sp³-hybridized carbons (Fsp3) is 0.600. The van der Waals surface area contributed by atoms with Crippen molar-refractivity contribution in [3.8, 4) is 0 Å². The molecule has 1 aliphatic carbocycles. The molecule has 5 heteroatoms. The largest absolute Gasteiger partial charge is 0.478 e. The van der Waals surface area contributed by atoms with E-state index in [4.69, 9.17) is 0 Å². The number of hydrogen-bond donors (Lipinski definition) is 2. The highest BCUT2D eigenvalue weighted by molar-refractivity contribution is 5.88. The van der Waals surface area contributed by atoms with Crippen LogP contribution < -0.4 is 4.90 Å². The number of rotatable bonds is 4. The second kappa shape index (κ2) is 6.22. The monoisotopic (exact) mass is 278 g/mol. The number of anilines is 1. The number of aliphatic hydroxyl groups is 1. The van der Waals surface area contributed by atoms with Crippen LogP contribution in [0.3, 0.4) is 0 Å². The molecule has 0 radical (unpaired) electrons. The summed E-state index contributed by atoms with van der Waals surface area (Å²) in [6.07, 6.45) is 4.18. The SMILES string of the molecule is CCc1cc(C(=O)O)cc(N(C)C2CCCCC2O)n1. The van der Waals surface area contributed by atoms with E-state index < -0.39 is 5.97 Å². The van der Waals surface area contributed by atoms with Gasteiger partial charge in [-0.25, -0.2) is 9.78 Å². The van der Waals surface area contributed by atoms with E-state index in [1.807, 2.05) is 18.9 Å². The molecule has 0 aromatic carbocycles. The first-order valence-corrected chi connectivity index (χ1v) is 7.18. The third kappa shape index (κ3) is 3.10. The molecule has 2 atom stereocenters. The molecule has 1 fully saturated rings. The second-order valence-corrected chi connectivity index (χ2v) is 5.39. The lowest BCUT2D eigenvalue weighted by Crippen LogP contribution is -2.44. The lowest BCUT2D eigenvalue weighted by Gasteiger charge is -2.36. The van der Waals surface area contributed by atoms with E-state index >= 15 is 0 Å². The van der Waals surface area contributed by atoms with E-state index in [1.54, 1.807) is 12.1 Å². The number of carbonyl (C=O) groups is 1. The molecule has 1 aromatic heterocycles. The summed E-state index contributed by atoms with van der Waals surface area (Å²) in [5.41, 5.74) is 1.01. The summed E-state index contributed by atoms with van der Waals surface area (Å²) in [7, 11) is 1.88. The van der Waals surface area contributed by atoms with Gasteiger partial charge in [0.1, 0.15) is 5.82 Å². The van der Waals surface area contributed by atoms with Crippen LogP contribution in [0.25, 0.3) is 0 Å². The zero-order valence-corrected chi connectivity index (χ0v) is 12.0. The van der Waals surface area contributed by atoms with Crippen molar-refractivity contribution in [1.82, 2.24) is 4.98 Å². The van der Waals surface area contributed by atoms with Crippen LogP contribution in [-0.4, -0.2) is 40.4 Å². The molecule has 2 N–H and O–H groups in total. The van der Waals surface area contributed by atoms with Crippen LogP contribution in [0.15, 0.2) is 12.1 Å². The molecular weight excluding hydrogens is 256 g/mol. The van der Waals surface area contributed by atoms with E-state index in [2.05, 4.69) is 4.98 Å². The van der Waals surface area contributed by atoms with Gasteiger partial charge in [0.2, 0.25) is 0 Å². The van der Waals surface area contributed by atoms with Gasteiger partial charge in [0.25, 0.3) is 0 Å². The molecule has 0 saturated heterocycles. The summed E-state index contributed by atoms with van der Waals surface area (Å²) in [4.78, 5) is 17.6. The predicted molar refractivity (Wildman–Crippen MR) is 77.2 cm³/mol. The van der Waals surface area contributed by atoms with Crippen LogP contribution in [0.2, 0.25) is 0 Å². The van der Waals surface area contributed by atoms with Gasteiger partial charge in [-0.15, -0.1) is 0 Å². The van der Waals surface area contributed by atoms with Crippen LogP contribution in [0, 0.1) is 0 Å². The van der Waals surface area contributed by atoms with E-state index in [0.717, 1.165) is 31.4 Å². The molecule has 2 unspecified atom stereocenters. The number of aliphatic hydroxyl groups excluding tert-OH is 1. The first kappa shape index (κ1) is 14.8. The Morgan fingerprint density at radius 3 is 2.70 bits per heavy atom. The number of aromatic carboxylic acids is 1. The standard InChI is InChI=1S/C15H22N2O3/c1-3-11-8-10(15(19)20)9-14(16-11)17(2)12-6-4-5-7-13(12)18/h8-9,12-13,18H,3-7H2,1-2H3,(H,19,20). The zero-order valence-electron chi connectivity index (χ0n) is 12.0. The fourth-order valence-corrected chi connectivity index (χ4v) is 2.77. The summed E-state index contributed by atoms with van der Waals surface area (Å²) in [6, 6.07) is 3.21. The predicted octanol–water partition coefficient (Wildman–Crippen LogP) is 2.08. The fourth-order valence-electron chi connectivity index (χ4n) is 2.77. The van der Waals surface area contributed by atoms with E-state index in [9.17, 15) is 15.0 Å². The first-order chi connectivity index (χ1) is 9.52. The van der Waals surface area contributed by atoms with Gasteiger partial charge in [0.05, 0.1) is 17.7 Å². The van der Waals surface area contributed by atoms with Crippen molar-refractivity contribution in [1.29, 1.82) is 0 Å². The topological polar surface area (TPSA) is 73.7 Å². The van der Waals surface area contributed by atoms with Crippen LogP contribution >= 0.6 is 0 Å². The highest BCUT2D eigenvalue weighted by atomic mass is 16.4. The molecule has 5 nitrogen and oxygen atoms in total. The highest BCUT2D eigenvalue weighted by Gasteiger charge is 2.27. The van der Waals surface area contributed by atoms with Gasteiger partial charge in [-0.1, -0.05) is 19.8 Å². The Hall–Kier alpha value is -1.62. The number of aromatic nitrogens is 1. The smallest absolute Gasteiger partial charge is 0.335 e. The number of carboxylic acids is 1. The van der Waals surface area contributed by atoms with Gasteiger partial charge in [0.15, 0.2) is 0 Å². The Morgan fingerprint density at radius 1 is 1.40 bits per heavy atom. The van der Waals surface area contributed by atoms with Crippen molar-refractivity contribution in [3.63, 3.8) is 0 Å². The molecule has 20 heavy (non-hydrogen) atoms. The average Bonchev–Trinajstić information content (AvgIpc) is 2.46. The van der Waals surface area contributed by atoms with Crippen molar-refractivity contribution in [2.45, 2.75) is 51.2 Å². The van der Waals surface area contributed by atoms with Crippen LogP contribution in [0.5, 0.6) is 0 Å². The Balaban J connectivity index is 2.30. The average molecular weight is 278 g/mol. The molecule has 0 amide bonds. The van der Waals surface area contributed by atoms with Crippen molar-refractivity contribution in [2.24, 2.45) is 0 Å². The maximum absolute atomic E-state index is 11.2. The van der Waals surface area contributed by atoms with Gasteiger partial charge in [-0.05, 0) is 31.4 Å². The molecule has 110 valence electrons.